The normalized spacial score (nSPS) is 11.8. The van der Waals surface area contributed by atoms with Crippen LogP contribution in [0.15, 0.2) is 54.6 Å². The molecule has 4 N–H and O–H groups in total. The highest BCUT2D eigenvalue weighted by atomic mass is 19.4. The number of aryl methyl sites for hydroxylation is 2. The van der Waals surface area contributed by atoms with Gasteiger partial charge in [-0.15, -0.1) is 0 Å². The molecule has 45 heavy (non-hydrogen) atoms. The first-order valence-electron chi connectivity index (χ1n) is 13.5. The Balaban J connectivity index is 1.85. The molecule has 1 aromatic heterocycles. The number of alkyl halides is 5. The van der Waals surface area contributed by atoms with Gasteiger partial charge in [0, 0.05) is 29.3 Å². The molecule has 0 aliphatic carbocycles. The molecule has 4 aromatic rings. The van der Waals surface area contributed by atoms with E-state index in [0.717, 1.165) is 28.8 Å². The number of benzene rings is 3. The molecule has 0 aliphatic heterocycles. The van der Waals surface area contributed by atoms with Gasteiger partial charge >= 0.3 is 12.1 Å². The van der Waals surface area contributed by atoms with Crippen LogP contribution in [0.5, 0.6) is 5.75 Å². The third-order valence-corrected chi connectivity index (χ3v) is 7.12. The number of carbonyl (C=O) groups excluding carboxylic acids is 2. The van der Waals surface area contributed by atoms with Gasteiger partial charge in [-0.1, -0.05) is 37.3 Å². The number of amides is 1. The molecule has 1 amide bonds. The summed E-state index contributed by atoms with van der Waals surface area (Å²) in [6, 6.07) is 13.3. The van der Waals surface area contributed by atoms with E-state index < -0.39 is 54.0 Å². The quantitative estimate of drug-likeness (QED) is 0.0630. The molecule has 0 atom stereocenters. The predicted molar refractivity (Wildman–Crippen MR) is 155 cm³/mol. The fourth-order valence-corrected chi connectivity index (χ4v) is 4.84. The minimum absolute atomic E-state index is 0.00739. The Labute approximate surface area is 254 Å². The molecule has 0 saturated carbocycles. The number of H-pyrrole nitrogens is 1. The number of hydrogen-bond acceptors (Lipinski definition) is 6. The van der Waals surface area contributed by atoms with Crippen molar-refractivity contribution in [1.29, 1.82) is 0 Å². The van der Waals surface area contributed by atoms with Crippen LogP contribution in [0.25, 0.3) is 22.5 Å². The highest BCUT2D eigenvalue weighted by Crippen LogP contribution is 2.40. The van der Waals surface area contributed by atoms with E-state index >= 15 is 0 Å². The molecular formula is C31H29F5N4O5. The Hall–Kier alpha value is -5.14. The Morgan fingerprint density at radius 1 is 1.00 bits per heavy atom. The fraction of sp³-hybridized carbons (Fsp3) is 0.258. The second-order valence-electron chi connectivity index (χ2n) is 10.2. The van der Waals surface area contributed by atoms with Gasteiger partial charge in [0.25, 0.3) is 17.7 Å². The highest BCUT2D eigenvalue weighted by Gasteiger charge is 2.42. The van der Waals surface area contributed by atoms with Gasteiger partial charge in [0.2, 0.25) is 5.69 Å². The van der Waals surface area contributed by atoms with Gasteiger partial charge in [0.05, 0.1) is 18.4 Å². The molecule has 0 unspecified atom stereocenters. The van der Waals surface area contributed by atoms with Gasteiger partial charge in [0.15, 0.2) is 12.3 Å². The average molecular weight is 633 g/mol. The van der Waals surface area contributed by atoms with Gasteiger partial charge in [-0.05, 0) is 48.7 Å². The molecule has 0 aliphatic rings. The second-order valence-corrected chi connectivity index (χ2v) is 10.2. The van der Waals surface area contributed by atoms with Crippen LogP contribution >= 0.6 is 0 Å². The summed E-state index contributed by atoms with van der Waals surface area (Å²) in [5.74, 6) is -6.95. The van der Waals surface area contributed by atoms with Crippen LogP contribution in [0, 0.1) is 19.1 Å². The molecule has 4 rings (SSSR count). The number of hydrogen-bond donors (Lipinski definition) is 3. The van der Waals surface area contributed by atoms with E-state index in [1.807, 2.05) is 32.0 Å². The molecule has 0 fully saturated rings. The second kappa shape index (κ2) is 12.5. The number of esters is 1. The smallest absolute Gasteiger partial charge is 0.490 e. The number of anilines is 2. The van der Waals surface area contributed by atoms with Gasteiger partial charge in [-0.3, -0.25) is 4.79 Å². The van der Waals surface area contributed by atoms with Crippen LogP contribution in [0.1, 0.15) is 46.2 Å². The van der Waals surface area contributed by atoms with E-state index in [9.17, 15) is 36.7 Å². The number of aromatic nitrogens is 2. The molecule has 238 valence electrons. The van der Waals surface area contributed by atoms with Crippen LogP contribution in [-0.2, 0) is 22.1 Å². The number of rotatable bonds is 9. The number of carbonyl (C=O) groups is 2. The monoisotopic (exact) mass is 632 g/mol. The summed E-state index contributed by atoms with van der Waals surface area (Å²) in [4.78, 5) is 27.4. The van der Waals surface area contributed by atoms with Crippen LogP contribution in [0.3, 0.4) is 0 Å². The topological polar surface area (TPSA) is 133 Å². The molecule has 0 bridgehead atoms. The maximum atomic E-state index is 14.3. The lowest BCUT2D eigenvalue weighted by Gasteiger charge is -2.17. The lowest BCUT2D eigenvalue weighted by atomic mass is 9.93. The number of methoxy groups -OCH3 is 1. The summed E-state index contributed by atoms with van der Waals surface area (Å²) < 4.78 is 77.2. The zero-order valence-electron chi connectivity index (χ0n) is 24.6. The molecule has 14 heteroatoms. The van der Waals surface area contributed by atoms with Crippen molar-refractivity contribution in [3.05, 3.63) is 87.9 Å². The fourth-order valence-electron chi connectivity index (χ4n) is 4.84. The van der Waals surface area contributed by atoms with E-state index in [0.29, 0.717) is 11.3 Å². The first-order valence-corrected chi connectivity index (χ1v) is 13.5. The summed E-state index contributed by atoms with van der Waals surface area (Å²) in [6.07, 6.45) is -5.87. The number of ether oxygens (including phenoxy) is 2. The first-order chi connectivity index (χ1) is 21.1. The van der Waals surface area contributed by atoms with Crippen LogP contribution in [-0.4, -0.2) is 30.1 Å². The van der Waals surface area contributed by atoms with Crippen molar-refractivity contribution in [2.45, 2.75) is 45.9 Å². The summed E-state index contributed by atoms with van der Waals surface area (Å²) in [6.45, 7) is 3.84. The maximum absolute atomic E-state index is 14.3. The Morgan fingerprint density at radius 2 is 1.64 bits per heavy atom. The van der Waals surface area contributed by atoms with E-state index in [1.54, 1.807) is 0 Å². The molecule has 1 heterocycles. The Morgan fingerprint density at radius 3 is 2.24 bits per heavy atom. The van der Waals surface area contributed by atoms with Crippen molar-refractivity contribution in [1.82, 2.24) is 4.98 Å². The third kappa shape index (κ3) is 6.69. The third-order valence-electron chi connectivity index (χ3n) is 7.12. The number of halogens is 5. The van der Waals surface area contributed by atoms with E-state index in [-0.39, 0.29) is 27.5 Å². The zero-order chi connectivity index (χ0) is 33.3. The first kappa shape index (κ1) is 32.8. The molecular weight excluding hydrogens is 603 g/mol. The number of imidazole rings is 1. The van der Waals surface area contributed by atoms with Gasteiger partial charge in [-0.2, -0.15) is 13.2 Å². The SMILES string of the molecule is CCC(F)(F)c1cccc(NC(=O)c2c(COC(=O)C(F)(F)F)[nH]c(-c3cc(-c4c(C)cccc4C)c(OC)cc3N)[n+]2[O-])c1. The average Bonchev–Trinajstić information content (AvgIpc) is 3.31. The Kier molecular flexibility index (Phi) is 9.07. The summed E-state index contributed by atoms with van der Waals surface area (Å²) in [5.41, 5.74) is 7.53. The number of nitrogens with zero attached hydrogens (tertiary/aromatic N) is 1. The van der Waals surface area contributed by atoms with Crippen molar-refractivity contribution < 1.29 is 45.7 Å². The van der Waals surface area contributed by atoms with Crippen molar-refractivity contribution in [2.24, 2.45) is 0 Å². The van der Waals surface area contributed by atoms with E-state index in [1.165, 1.54) is 38.3 Å². The number of aromatic amines is 1. The molecule has 0 saturated heterocycles. The molecule has 9 nitrogen and oxygen atoms in total. The summed E-state index contributed by atoms with van der Waals surface area (Å²) >= 11 is 0. The molecule has 0 radical (unpaired) electrons. The van der Waals surface area contributed by atoms with Crippen LogP contribution in [0.2, 0.25) is 0 Å². The standard InChI is InChI=1S/C31H29F5N4O5/c1-5-30(32,33)18-10-7-11-19(12-18)38-28(41)26-23(15-45-29(42)31(34,35)36)39-27(40(26)43)20-13-21(24(44-4)14-22(20)37)25-16(2)8-6-9-17(25)3/h6-14,39H,5,15,37H2,1-4H3,(H,38,41). The Bertz CT molecular complexity index is 1750. The van der Waals surface area contributed by atoms with Gasteiger partial charge in [0.1, 0.15) is 5.75 Å². The minimum Gasteiger partial charge on any atom is -0.710 e. The molecule has 0 spiro atoms. The van der Waals surface area contributed by atoms with Crippen molar-refractivity contribution in [2.75, 3.05) is 18.2 Å². The van der Waals surface area contributed by atoms with Gasteiger partial charge in [-0.25, -0.2) is 23.3 Å². The van der Waals surface area contributed by atoms with Crippen LogP contribution < -0.4 is 20.5 Å². The van der Waals surface area contributed by atoms with Crippen molar-refractivity contribution in [3.63, 3.8) is 0 Å². The predicted octanol–water partition coefficient (Wildman–Crippen LogP) is 6.55. The van der Waals surface area contributed by atoms with E-state index in [4.69, 9.17) is 10.5 Å². The number of nitrogens with two attached hydrogens (primary N) is 1. The van der Waals surface area contributed by atoms with Crippen molar-refractivity contribution in [3.8, 4) is 28.3 Å². The maximum Gasteiger partial charge on any atom is 0.490 e. The number of nitrogens with one attached hydrogen (secondary N) is 2. The lowest BCUT2D eigenvalue weighted by Crippen LogP contribution is -2.37. The minimum atomic E-state index is -5.35. The highest BCUT2D eigenvalue weighted by molar-refractivity contribution is 6.03. The van der Waals surface area contributed by atoms with Crippen molar-refractivity contribution >= 4 is 23.3 Å². The van der Waals surface area contributed by atoms with E-state index in [2.05, 4.69) is 15.0 Å². The lowest BCUT2D eigenvalue weighted by molar-refractivity contribution is -0.594. The summed E-state index contributed by atoms with van der Waals surface area (Å²) in [5, 5.41) is 16.0. The zero-order valence-corrected chi connectivity index (χ0v) is 24.6. The molecule has 3 aromatic carbocycles. The number of nitrogen functional groups attached to an aromatic ring is 1. The van der Waals surface area contributed by atoms with Gasteiger partial charge < -0.3 is 25.7 Å². The summed E-state index contributed by atoms with van der Waals surface area (Å²) in [7, 11) is 1.43. The van der Waals surface area contributed by atoms with Crippen LogP contribution in [0.4, 0.5) is 33.3 Å². The largest absolute Gasteiger partial charge is 0.710 e.